The lowest BCUT2D eigenvalue weighted by molar-refractivity contribution is -0.134. The standard InChI is InChI=1S/C21H26N4O3S/c1-14-7-9-16(10-8-14)21(3)19(27)25(20(28)24-21)12-17(26)22-11-5-4-6-18-23-15(2)13-29-18/h7-10,13H,4-6,11-12H2,1-3H3,(H,22,26)(H,24,28). The second-order valence-corrected chi connectivity index (χ2v) is 8.44. The van der Waals surface area contributed by atoms with Gasteiger partial charge in [-0.1, -0.05) is 29.8 Å². The maximum absolute atomic E-state index is 12.9. The van der Waals surface area contributed by atoms with Crippen LogP contribution in [-0.4, -0.2) is 40.8 Å². The third-order valence-corrected chi connectivity index (χ3v) is 6.04. The van der Waals surface area contributed by atoms with Crippen LogP contribution in [0.2, 0.25) is 0 Å². The molecule has 1 fully saturated rings. The number of unbranched alkanes of at least 4 members (excludes halogenated alkanes) is 1. The van der Waals surface area contributed by atoms with E-state index >= 15 is 0 Å². The van der Waals surface area contributed by atoms with Gasteiger partial charge >= 0.3 is 6.03 Å². The minimum atomic E-state index is -1.16. The fourth-order valence-electron chi connectivity index (χ4n) is 3.27. The second kappa shape index (κ2) is 8.73. The largest absolute Gasteiger partial charge is 0.355 e. The summed E-state index contributed by atoms with van der Waals surface area (Å²) < 4.78 is 0. The summed E-state index contributed by atoms with van der Waals surface area (Å²) in [6.07, 6.45) is 2.61. The van der Waals surface area contributed by atoms with Crippen molar-refractivity contribution in [2.24, 2.45) is 0 Å². The Morgan fingerprint density at radius 1 is 1.21 bits per heavy atom. The first-order valence-electron chi connectivity index (χ1n) is 9.68. The van der Waals surface area contributed by atoms with E-state index in [0.29, 0.717) is 12.1 Å². The Hall–Kier alpha value is -2.74. The monoisotopic (exact) mass is 414 g/mol. The van der Waals surface area contributed by atoms with E-state index in [1.165, 1.54) is 0 Å². The number of urea groups is 1. The van der Waals surface area contributed by atoms with Crippen LogP contribution in [0.3, 0.4) is 0 Å². The number of aryl methyl sites for hydroxylation is 3. The first-order chi connectivity index (χ1) is 13.8. The predicted molar refractivity (Wildman–Crippen MR) is 112 cm³/mol. The normalized spacial score (nSPS) is 18.8. The first kappa shape index (κ1) is 21.0. The van der Waals surface area contributed by atoms with Crippen LogP contribution in [0, 0.1) is 13.8 Å². The van der Waals surface area contributed by atoms with Gasteiger partial charge in [0, 0.05) is 17.6 Å². The van der Waals surface area contributed by atoms with Crippen LogP contribution in [0.15, 0.2) is 29.6 Å². The molecule has 1 atom stereocenters. The summed E-state index contributed by atoms with van der Waals surface area (Å²) in [5, 5.41) is 8.63. The molecule has 3 rings (SSSR count). The van der Waals surface area contributed by atoms with Crippen LogP contribution in [-0.2, 0) is 21.5 Å². The number of rotatable bonds is 8. The van der Waals surface area contributed by atoms with E-state index in [-0.39, 0.29) is 12.5 Å². The highest BCUT2D eigenvalue weighted by Gasteiger charge is 2.49. The van der Waals surface area contributed by atoms with Crippen LogP contribution < -0.4 is 10.6 Å². The van der Waals surface area contributed by atoms with E-state index in [0.717, 1.165) is 40.4 Å². The molecule has 0 spiro atoms. The number of aromatic nitrogens is 1. The number of amides is 4. The minimum Gasteiger partial charge on any atom is -0.355 e. The summed E-state index contributed by atoms with van der Waals surface area (Å²) in [5.74, 6) is -0.757. The molecule has 1 saturated heterocycles. The van der Waals surface area contributed by atoms with E-state index in [9.17, 15) is 14.4 Å². The highest BCUT2D eigenvalue weighted by Crippen LogP contribution is 2.28. The third kappa shape index (κ3) is 4.82. The molecule has 1 aliphatic heterocycles. The average molecular weight is 415 g/mol. The molecule has 1 aromatic heterocycles. The number of thiazole rings is 1. The molecule has 1 unspecified atom stereocenters. The summed E-state index contributed by atoms with van der Waals surface area (Å²) in [4.78, 5) is 42.8. The zero-order valence-electron chi connectivity index (χ0n) is 16.9. The van der Waals surface area contributed by atoms with Crippen LogP contribution in [0.25, 0.3) is 0 Å². The second-order valence-electron chi connectivity index (χ2n) is 7.50. The van der Waals surface area contributed by atoms with E-state index in [2.05, 4.69) is 15.6 Å². The van der Waals surface area contributed by atoms with Crippen LogP contribution in [0.5, 0.6) is 0 Å². The number of nitrogens with one attached hydrogen (secondary N) is 2. The van der Waals surface area contributed by atoms with E-state index in [1.54, 1.807) is 18.3 Å². The number of benzene rings is 1. The van der Waals surface area contributed by atoms with Crippen LogP contribution >= 0.6 is 11.3 Å². The Bertz CT molecular complexity index is 909. The number of hydrogen-bond acceptors (Lipinski definition) is 5. The maximum atomic E-state index is 12.9. The Morgan fingerprint density at radius 2 is 1.93 bits per heavy atom. The first-order valence-corrected chi connectivity index (χ1v) is 10.6. The van der Waals surface area contributed by atoms with Gasteiger partial charge in [-0.3, -0.25) is 14.5 Å². The van der Waals surface area contributed by atoms with Crippen molar-refractivity contribution in [2.75, 3.05) is 13.1 Å². The molecule has 0 radical (unpaired) electrons. The summed E-state index contributed by atoms with van der Waals surface area (Å²) in [7, 11) is 0. The lowest BCUT2D eigenvalue weighted by atomic mass is 9.91. The zero-order chi connectivity index (χ0) is 21.0. The van der Waals surface area contributed by atoms with Crippen molar-refractivity contribution < 1.29 is 14.4 Å². The SMILES string of the molecule is Cc1ccc(C2(C)NC(=O)N(CC(=O)NCCCCc3nc(C)cs3)C2=O)cc1. The van der Waals surface area contributed by atoms with Crippen LogP contribution in [0.1, 0.15) is 41.6 Å². The average Bonchev–Trinajstić information content (AvgIpc) is 3.18. The molecule has 2 aromatic rings. The van der Waals surface area contributed by atoms with E-state index < -0.39 is 17.5 Å². The topological polar surface area (TPSA) is 91.4 Å². The molecular weight excluding hydrogens is 388 g/mol. The smallest absolute Gasteiger partial charge is 0.325 e. The van der Waals surface area contributed by atoms with Gasteiger partial charge in [-0.05, 0) is 45.6 Å². The molecule has 4 amide bonds. The van der Waals surface area contributed by atoms with Crippen molar-refractivity contribution >= 4 is 29.2 Å². The highest BCUT2D eigenvalue weighted by atomic mass is 32.1. The lowest BCUT2D eigenvalue weighted by Crippen LogP contribution is -2.43. The molecule has 29 heavy (non-hydrogen) atoms. The molecule has 154 valence electrons. The third-order valence-electron chi connectivity index (χ3n) is 5.01. The molecule has 1 aliphatic rings. The Balaban J connectivity index is 1.47. The van der Waals surface area contributed by atoms with E-state index in [1.807, 2.05) is 43.5 Å². The highest BCUT2D eigenvalue weighted by molar-refractivity contribution is 7.09. The molecule has 8 heteroatoms. The summed E-state index contributed by atoms with van der Waals surface area (Å²) >= 11 is 1.65. The van der Waals surface area contributed by atoms with Gasteiger partial charge in [0.2, 0.25) is 5.91 Å². The van der Waals surface area contributed by atoms with Crippen molar-refractivity contribution in [1.29, 1.82) is 0 Å². The molecule has 0 aliphatic carbocycles. The van der Waals surface area contributed by atoms with Crippen molar-refractivity contribution in [3.8, 4) is 0 Å². The number of hydrogen-bond donors (Lipinski definition) is 2. The summed E-state index contributed by atoms with van der Waals surface area (Å²) in [5.41, 5.74) is 1.64. The van der Waals surface area contributed by atoms with Gasteiger partial charge < -0.3 is 10.6 Å². The molecule has 0 bridgehead atoms. The van der Waals surface area contributed by atoms with Gasteiger partial charge in [-0.2, -0.15) is 0 Å². The van der Waals surface area contributed by atoms with Crippen molar-refractivity contribution in [3.05, 3.63) is 51.5 Å². The van der Waals surface area contributed by atoms with Gasteiger partial charge in [0.15, 0.2) is 0 Å². The van der Waals surface area contributed by atoms with Gasteiger partial charge in [0.1, 0.15) is 12.1 Å². The number of imide groups is 1. The fourth-order valence-corrected chi connectivity index (χ4v) is 4.09. The lowest BCUT2D eigenvalue weighted by Gasteiger charge is -2.22. The molecular formula is C21H26N4O3S. The van der Waals surface area contributed by atoms with E-state index in [4.69, 9.17) is 0 Å². The quantitative estimate of drug-likeness (QED) is 0.513. The predicted octanol–water partition coefficient (Wildman–Crippen LogP) is 2.67. The number of carbonyl (C=O) groups is 3. The Kier molecular flexibility index (Phi) is 6.32. The fraction of sp³-hybridized carbons (Fsp3) is 0.429. The van der Waals surface area contributed by atoms with Crippen molar-refractivity contribution in [2.45, 2.75) is 45.6 Å². The molecule has 0 saturated carbocycles. The molecule has 7 nitrogen and oxygen atoms in total. The minimum absolute atomic E-state index is 0.280. The number of nitrogens with zero attached hydrogens (tertiary/aromatic N) is 2. The summed E-state index contributed by atoms with van der Waals surface area (Å²) in [6.45, 7) is 5.81. The van der Waals surface area contributed by atoms with Gasteiger partial charge in [-0.15, -0.1) is 11.3 Å². The zero-order valence-corrected chi connectivity index (χ0v) is 17.8. The number of carbonyl (C=O) groups excluding carboxylic acids is 3. The van der Waals surface area contributed by atoms with Crippen molar-refractivity contribution in [3.63, 3.8) is 0 Å². The Morgan fingerprint density at radius 3 is 2.59 bits per heavy atom. The van der Waals surface area contributed by atoms with Gasteiger partial charge in [0.25, 0.3) is 5.91 Å². The van der Waals surface area contributed by atoms with Gasteiger partial charge in [-0.25, -0.2) is 9.78 Å². The molecule has 2 N–H and O–H groups in total. The van der Waals surface area contributed by atoms with Crippen LogP contribution in [0.4, 0.5) is 4.79 Å². The maximum Gasteiger partial charge on any atom is 0.325 e. The Labute approximate surface area is 174 Å². The summed E-state index contributed by atoms with van der Waals surface area (Å²) in [6, 6.07) is 6.87. The van der Waals surface area contributed by atoms with Crippen molar-refractivity contribution in [1.82, 2.24) is 20.5 Å². The molecule has 1 aromatic carbocycles. The van der Waals surface area contributed by atoms with Gasteiger partial charge in [0.05, 0.1) is 5.01 Å². The molecule has 2 heterocycles.